The zero-order valence-electron chi connectivity index (χ0n) is 27.6. The molecule has 0 aliphatic carbocycles. The van der Waals surface area contributed by atoms with Crippen molar-refractivity contribution in [3.63, 3.8) is 0 Å². The number of amides is 3. The summed E-state index contributed by atoms with van der Waals surface area (Å²) in [4.78, 5) is 46.7. The average molecular weight is 649 g/mol. The van der Waals surface area contributed by atoms with Gasteiger partial charge < -0.3 is 19.5 Å². The minimum absolute atomic E-state index is 0.0152. The van der Waals surface area contributed by atoms with Crippen molar-refractivity contribution in [3.05, 3.63) is 70.8 Å². The van der Waals surface area contributed by atoms with E-state index in [1.165, 1.54) is 29.2 Å². The smallest absolute Gasteiger partial charge is 0.407 e. The second-order valence-electron chi connectivity index (χ2n) is 13.4. The molecule has 47 heavy (non-hydrogen) atoms. The summed E-state index contributed by atoms with van der Waals surface area (Å²) in [6, 6.07) is 11.9. The Bertz CT molecular complexity index is 1700. The topological polar surface area (TPSA) is 132 Å². The van der Waals surface area contributed by atoms with E-state index in [9.17, 15) is 33.5 Å². The van der Waals surface area contributed by atoms with Gasteiger partial charge in [0.2, 0.25) is 5.95 Å². The van der Waals surface area contributed by atoms with Gasteiger partial charge in [-0.05, 0) is 60.9 Å². The number of allylic oxidation sites excluding steroid dienone is 1. The molecule has 1 unspecified atom stereocenters. The van der Waals surface area contributed by atoms with Crippen LogP contribution in [0.15, 0.2) is 54.1 Å². The predicted octanol–water partition coefficient (Wildman–Crippen LogP) is 7.24. The number of rotatable bonds is 10. The van der Waals surface area contributed by atoms with E-state index in [1.54, 1.807) is 21.6 Å². The number of fused-ring (bicyclic) bond motifs is 1. The first-order chi connectivity index (χ1) is 22.1. The van der Waals surface area contributed by atoms with Crippen molar-refractivity contribution in [1.29, 1.82) is 5.26 Å². The largest absolute Gasteiger partial charge is 0.465 e. The van der Waals surface area contributed by atoms with Crippen LogP contribution in [-0.2, 0) is 17.9 Å². The lowest BCUT2D eigenvalue weighted by atomic mass is 9.87. The van der Waals surface area contributed by atoms with Crippen LogP contribution in [0.3, 0.4) is 0 Å². The number of alkyl halides is 2. The Morgan fingerprint density at radius 2 is 1.83 bits per heavy atom. The molecule has 250 valence electrons. The third-order valence-electron chi connectivity index (χ3n) is 8.66. The van der Waals surface area contributed by atoms with Gasteiger partial charge >= 0.3 is 6.09 Å². The van der Waals surface area contributed by atoms with Crippen LogP contribution in [0.25, 0.3) is 11.0 Å². The van der Waals surface area contributed by atoms with Crippen molar-refractivity contribution in [3.8, 4) is 6.07 Å². The maximum atomic E-state index is 13.4. The fourth-order valence-electron chi connectivity index (χ4n) is 5.69. The average Bonchev–Trinajstić information content (AvgIpc) is 3.61. The molecule has 0 saturated carbocycles. The Labute approximate surface area is 273 Å². The number of aromatic nitrogens is 2. The van der Waals surface area contributed by atoms with Crippen LogP contribution >= 0.6 is 0 Å². The number of carbonyl (C=O) groups is 3. The van der Waals surface area contributed by atoms with Crippen LogP contribution < -0.4 is 5.32 Å². The summed E-state index contributed by atoms with van der Waals surface area (Å²) in [5.41, 5.74) is 1.61. The number of benzene rings is 2. The van der Waals surface area contributed by atoms with E-state index in [2.05, 4.69) is 5.32 Å². The highest BCUT2D eigenvalue weighted by atomic mass is 19.3. The predicted molar refractivity (Wildman–Crippen MR) is 175 cm³/mol. The van der Waals surface area contributed by atoms with Crippen molar-refractivity contribution >= 4 is 34.9 Å². The molecule has 2 N–H and O–H groups in total. The monoisotopic (exact) mass is 648 g/mol. The summed E-state index contributed by atoms with van der Waals surface area (Å²) < 4.78 is 28.0. The summed E-state index contributed by atoms with van der Waals surface area (Å²) in [5, 5.41) is 22.5. The van der Waals surface area contributed by atoms with E-state index in [0.29, 0.717) is 29.6 Å². The molecule has 0 spiro atoms. The fraction of sp³-hybridized carbons (Fsp3) is 0.457. The number of halogens is 2. The van der Waals surface area contributed by atoms with Crippen LogP contribution in [0.5, 0.6) is 0 Å². The van der Waals surface area contributed by atoms with Crippen molar-refractivity contribution in [2.45, 2.75) is 86.0 Å². The Morgan fingerprint density at radius 3 is 2.40 bits per heavy atom. The Hall–Kier alpha value is -4.79. The van der Waals surface area contributed by atoms with Crippen LogP contribution in [0.2, 0.25) is 0 Å². The molecule has 2 atom stereocenters. The molecule has 1 aliphatic rings. The lowest BCUT2D eigenvalue weighted by molar-refractivity contribution is -0.127. The number of carboxylic acid groups (broad SMARTS) is 1. The van der Waals surface area contributed by atoms with Crippen molar-refractivity contribution in [2.24, 2.45) is 11.3 Å². The molecule has 12 heteroatoms. The van der Waals surface area contributed by atoms with E-state index >= 15 is 0 Å². The van der Waals surface area contributed by atoms with Crippen molar-refractivity contribution in [2.75, 3.05) is 11.9 Å². The second-order valence-corrected chi connectivity index (χ2v) is 13.4. The van der Waals surface area contributed by atoms with Crippen LogP contribution in [0.1, 0.15) is 82.3 Å². The molecule has 10 nitrogen and oxygen atoms in total. The first kappa shape index (κ1) is 35.1. The van der Waals surface area contributed by atoms with E-state index in [0.717, 1.165) is 6.42 Å². The molecule has 1 fully saturated rings. The number of anilines is 1. The molecule has 4 rings (SSSR count). The third kappa shape index (κ3) is 8.14. The molecule has 3 aromatic rings. The lowest BCUT2D eigenvalue weighted by Crippen LogP contribution is -2.44. The van der Waals surface area contributed by atoms with Gasteiger partial charge in [-0.2, -0.15) is 5.26 Å². The minimum Gasteiger partial charge on any atom is -0.465 e. The zero-order chi connectivity index (χ0) is 34.6. The van der Waals surface area contributed by atoms with Crippen LogP contribution in [-0.4, -0.2) is 61.0 Å². The number of carbonyl (C=O) groups excluding carboxylic acids is 2. The number of hydrogen-bond donors (Lipinski definition) is 2. The van der Waals surface area contributed by atoms with Gasteiger partial charge in [-0.3, -0.25) is 14.9 Å². The Kier molecular flexibility index (Phi) is 10.7. The summed E-state index contributed by atoms with van der Waals surface area (Å²) in [7, 11) is 0. The number of imidazole rings is 1. The van der Waals surface area contributed by atoms with Gasteiger partial charge in [0.15, 0.2) is 0 Å². The van der Waals surface area contributed by atoms with E-state index in [-0.39, 0.29) is 65.1 Å². The maximum absolute atomic E-state index is 13.4. The van der Waals surface area contributed by atoms with Crippen LogP contribution in [0, 0.1) is 22.7 Å². The minimum atomic E-state index is -2.66. The highest BCUT2D eigenvalue weighted by Gasteiger charge is 2.33. The van der Waals surface area contributed by atoms with E-state index in [4.69, 9.17) is 4.98 Å². The maximum Gasteiger partial charge on any atom is 0.407 e. The molecule has 1 aromatic heterocycles. The standard InChI is InChI=1S/C35H42F2N6O4/c1-21(2)16-26(18-38)32(45)41-15-7-8-27(41)20-43-29-14-9-23(19-42(34(46)47)22(3)35(4,5)6)17-28(29)39-33(43)40-31(44)25-12-10-24(11-13-25)30(36)37/h9-14,16-17,21-22,27,30H,7-8,15,19-20H2,1-6H3,(H,46,47)(H,39,40,44)/b26-16+/t22-,27?/m0/s1. The fourth-order valence-corrected chi connectivity index (χ4v) is 5.69. The van der Waals surface area contributed by atoms with Gasteiger partial charge in [0.25, 0.3) is 18.2 Å². The quantitative estimate of drug-likeness (QED) is 0.176. The van der Waals surface area contributed by atoms with E-state index in [1.807, 2.05) is 59.7 Å². The molecular weight excluding hydrogens is 606 g/mol. The Morgan fingerprint density at radius 1 is 1.15 bits per heavy atom. The summed E-state index contributed by atoms with van der Waals surface area (Å²) >= 11 is 0. The van der Waals surface area contributed by atoms with Gasteiger partial charge in [0.1, 0.15) is 11.6 Å². The molecular formula is C35H42F2N6O4. The number of nitrogens with one attached hydrogen (secondary N) is 1. The van der Waals surface area contributed by atoms with Crippen molar-refractivity contribution < 1.29 is 28.3 Å². The summed E-state index contributed by atoms with van der Waals surface area (Å²) in [6.45, 7) is 12.5. The number of nitrogens with zero attached hydrogens (tertiary/aromatic N) is 5. The molecule has 0 radical (unpaired) electrons. The molecule has 2 heterocycles. The summed E-state index contributed by atoms with van der Waals surface area (Å²) in [6.07, 6.45) is -0.647. The summed E-state index contributed by atoms with van der Waals surface area (Å²) in [5.74, 6) is -0.691. The third-order valence-corrected chi connectivity index (χ3v) is 8.66. The first-order valence-corrected chi connectivity index (χ1v) is 15.7. The highest BCUT2D eigenvalue weighted by Crippen LogP contribution is 2.30. The van der Waals surface area contributed by atoms with Gasteiger partial charge in [-0.1, -0.05) is 58.9 Å². The van der Waals surface area contributed by atoms with E-state index < -0.39 is 18.4 Å². The molecule has 1 aliphatic heterocycles. The van der Waals surface area contributed by atoms with Crippen molar-refractivity contribution in [1.82, 2.24) is 19.4 Å². The number of nitriles is 1. The first-order valence-electron chi connectivity index (χ1n) is 15.7. The lowest BCUT2D eigenvalue weighted by Gasteiger charge is -2.36. The number of hydrogen-bond acceptors (Lipinski definition) is 5. The molecule has 1 saturated heterocycles. The Balaban J connectivity index is 1.72. The SMILES string of the molecule is CC(C)/C=C(\C#N)C(=O)N1CCCC1Cn1c(NC(=O)c2ccc(C(F)F)cc2)nc2cc(CN(C(=O)O)[C@@H](C)C(C)(C)C)ccc21. The molecule has 3 amide bonds. The highest BCUT2D eigenvalue weighted by molar-refractivity contribution is 6.04. The zero-order valence-corrected chi connectivity index (χ0v) is 27.6. The van der Waals surface area contributed by atoms with Gasteiger partial charge in [0, 0.05) is 36.8 Å². The number of likely N-dealkylation sites (tertiary alicyclic amines) is 1. The van der Waals surface area contributed by atoms with Gasteiger partial charge in [-0.25, -0.2) is 18.6 Å². The molecule has 0 bridgehead atoms. The van der Waals surface area contributed by atoms with Gasteiger partial charge in [0.05, 0.1) is 17.1 Å². The normalized spacial score (nSPS) is 16.1. The van der Waals surface area contributed by atoms with Gasteiger partial charge in [-0.15, -0.1) is 0 Å². The molecule has 2 aromatic carbocycles. The second kappa shape index (κ2) is 14.3. The van der Waals surface area contributed by atoms with Crippen LogP contribution in [0.4, 0.5) is 19.5 Å².